The fourth-order valence-electron chi connectivity index (χ4n) is 4.03. The molecule has 3 amide bonds. The maximum absolute atomic E-state index is 14.1. The second-order valence-electron chi connectivity index (χ2n) is 9.44. The first-order valence-electron chi connectivity index (χ1n) is 13.3. The minimum Gasteiger partial charge on any atom is -0.496 e. The lowest BCUT2D eigenvalue weighted by Crippen LogP contribution is -2.30. The van der Waals surface area contributed by atoms with Crippen molar-refractivity contribution in [2.24, 2.45) is 0 Å². The van der Waals surface area contributed by atoms with Gasteiger partial charge in [-0.05, 0) is 48.5 Å². The number of para-hydroxylation sites is 1. The summed E-state index contributed by atoms with van der Waals surface area (Å²) in [5.41, 5.74) is -3.51. The zero-order valence-electron chi connectivity index (χ0n) is 24.0. The summed E-state index contributed by atoms with van der Waals surface area (Å²) in [5, 5.41) is 6.78. The highest BCUT2D eigenvalue weighted by molar-refractivity contribution is 8.00. The van der Waals surface area contributed by atoms with Crippen molar-refractivity contribution in [3.63, 3.8) is 0 Å². The monoisotopic (exact) mass is 677 g/mol. The van der Waals surface area contributed by atoms with E-state index in [9.17, 15) is 45.1 Å². The number of rotatable bonds is 10. The van der Waals surface area contributed by atoms with Crippen LogP contribution in [0, 0.1) is 23.3 Å². The summed E-state index contributed by atoms with van der Waals surface area (Å²) in [7, 11) is 1.45. The molecule has 0 bridgehead atoms. The molecule has 0 saturated heterocycles. The molecule has 4 rings (SSSR count). The van der Waals surface area contributed by atoms with Gasteiger partial charge in [-0.15, -0.1) is 11.8 Å². The Morgan fingerprint density at radius 1 is 0.787 bits per heavy atom. The summed E-state index contributed by atoms with van der Waals surface area (Å²) in [5.74, 6) is -12.8. The first kappa shape index (κ1) is 34.6. The van der Waals surface area contributed by atoms with Gasteiger partial charge in [0.2, 0.25) is 5.91 Å². The van der Waals surface area contributed by atoms with Crippen LogP contribution in [0.15, 0.2) is 89.5 Å². The molecule has 7 nitrogen and oxygen atoms in total. The smallest absolute Gasteiger partial charge is 0.422 e. The van der Waals surface area contributed by atoms with E-state index < -0.39 is 64.2 Å². The molecule has 4 aromatic rings. The third-order valence-corrected chi connectivity index (χ3v) is 7.27. The van der Waals surface area contributed by atoms with Gasteiger partial charge in [-0.2, -0.15) is 13.2 Å². The van der Waals surface area contributed by atoms with E-state index in [1.165, 1.54) is 37.5 Å². The first-order valence-corrected chi connectivity index (χ1v) is 14.3. The van der Waals surface area contributed by atoms with Crippen molar-refractivity contribution >= 4 is 46.9 Å². The lowest BCUT2D eigenvalue weighted by atomic mass is 10.1. The van der Waals surface area contributed by atoms with E-state index >= 15 is 0 Å². The average Bonchev–Trinajstić information content (AvgIpc) is 3.05. The zero-order chi connectivity index (χ0) is 34.3. The van der Waals surface area contributed by atoms with Crippen LogP contribution in [0.2, 0.25) is 0 Å². The van der Waals surface area contributed by atoms with E-state index in [1.54, 1.807) is 59.9 Å². The molecular formula is C32H22F7N3O4S. The average molecular weight is 678 g/mol. The van der Waals surface area contributed by atoms with E-state index in [0.717, 1.165) is 11.8 Å². The van der Waals surface area contributed by atoms with Crippen LogP contribution < -0.4 is 20.7 Å². The van der Waals surface area contributed by atoms with Crippen molar-refractivity contribution in [3.05, 3.63) is 125 Å². The molecule has 0 heterocycles. The third-order valence-electron chi connectivity index (χ3n) is 6.26. The molecule has 0 saturated carbocycles. The van der Waals surface area contributed by atoms with E-state index in [2.05, 4.69) is 10.6 Å². The molecule has 47 heavy (non-hydrogen) atoms. The van der Waals surface area contributed by atoms with Gasteiger partial charge in [0, 0.05) is 21.7 Å². The number of hydrogen-bond acceptors (Lipinski definition) is 5. The second kappa shape index (κ2) is 14.9. The van der Waals surface area contributed by atoms with E-state index in [4.69, 9.17) is 4.74 Å². The van der Waals surface area contributed by atoms with Crippen LogP contribution >= 0.6 is 11.8 Å². The van der Waals surface area contributed by atoms with Crippen molar-refractivity contribution in [2.45, 2.75) is 11.1 Å². The molecule has 0 radical (unpaired) electrons. The molecule has 15 heteroatoms. The number of amides is 3. The van der Waals surface area contributed by atoms with Gasteiger partial charge in [-0.25, -0.2) is 17.6 Å². The highest BCUT2D eigenvalue weighted by Gasteiger charge is 2.42. The lowest BCUT2D eigenvalue weighted by Gasteiger charge is -2.14. The van der Waals surface area contributed by atoms with E-state index in [1.807, 2.05) is 0 Å². The minimum absolute atomic E-state index is 0.117. The molecule has 0 aliphatic carbocycles. The van der Waals surface area contributed by atoms with Crippen molar-refractivity contribution in [2.75, 3.05) is 23.5 Å². The van der Waals surface area contributed by atoms with Gasteiger partial charge in [-0.1, -0.05) is 36.4 Å². The number of methoxy groups -OCH3 is 1. The Labute approximate surface area is 266 Å². The largest absolute Gasteiger partial charge is 0.496 e. The number of carbonyl (C=O) groups is 3. The van der Waals surface area contributed by atoms with Crippen LogP contribution in [-0.2, 0) is 15.8 Å². The maximum atomic E-state index is 14.1. The number of nitrogens with one attached hydrogen (secondary N) is 3. The molecule has 0 aromatic heterocycles. The Balaban J connectivity index is 1.44. The Morgan fingerprint density at radius 3 is 1.98 bits per heavy atom. The van der Waals surface area contributed by atoms with Gasteiger partial charge in [0.1, 0.15) is 22.7 Å². The fraction of sp³-hybridized carbons (Fsp3) is 0.0938. The summed E-state index contributed by atoms with van der Waals surface area (Å²) in [6.07, 6.45) is -4.29. The molecule has 0 atom stereocenters. The molecule has 0 spiro atoms. The summed E-state index contributed by atoms with van der Waals surface area (Å²) >= 11 is 0.802. The number of carbonyl (C=O) groups excluding carboxylic acids is 3. The van der Waals surface area contributed by atoms with Crippen LogP contribution in [-0.4, -0.2) is 30.6 Å². The van der Waals surface area contributed by atoms with Crippen molar-refractivity contribution in [1.29, 1.82) is 0 Å². The van der Waals surface area contributed by atoms with Gasteiger partial charge in [0.15, 0.2) is 23.3 Å². The summed E-state index contributed by atoms with van der Waals surface area (Å²) in [6, 6.07) is 20.8. The molecule has 244 valence electrons. The second-order valence-corrected chi connectivity index (χ2v) is 10.5. The SMILES string of the molecule is COc1ccccc1/C=C(\NC(=O)c1ccccc1)C(=O)Nc1ccc(SCC(=O)Nc2c(F)c(F)c(C(F)(F)F)c(F)c2F)cc1. The third kappa shape index (κ3) is 8.49. The van der Waals surface area contributed by atoms with E-state index in [0.29, 0.717) is 21.8 Å². The quantitative estimate of drug-likeness (QED) is 0.0704. The van der Waals surface area contributed by atoms with Crippen LogP contribution in [0.4, 0.5) is 42.1 Å². The van der Waals surface area contributed by atoms with Gasteiger partial charge in [0.25, 0.3) is 11.8 Å². The molecule has 3 N–H and O–H groups in total. The molecule has 0 aliphatic rings. The predicted octanol–water partition coefficient (Wildman–Crippen LogP) is 7.41. The van der Waals surface area contributed by atoms with Crippen LogP contribution in [0.5, 0.6) is 5.75 Å². The van der Waals surface area contributed by atoms with Crippen LogP contribution in [0.25, 0.3) is 6.08 Å². The normalized spacial score (nSPS) is 11.5. The molecule has 0 fully saturated rings. The Hall–Kier alpha value is -5.31. The standard InChI is InChI=1S/C32H22F7N3O4S/c1-46-22-10-6-5-9-18(22)15-21(41-30(44)17-7-3-2-4-8-17)31(45)40-19-11-13-20(14-12-19)47-16-23(43)42-29-27(35)25(33)24(32(37,38)39)26(34)28(29)36/h2-15H,16H2,1H3,(H,40,45)(H,41,44)(H,42,43)/b21-15-. The lowest BCUT2D eigenvalue weighted by molar-refractivity contribution is -0.143. The molecule has 0 aliphatic heterocycles. The minimum atomic E-state index is -5.72. The Morgan fingerprint density at radius 2 is 1.38 bits per heavy atom. The Bertz CT molecular complexity index is 1800. The van der Waals surface area contributed by atoms with Crippen LogP contribution in [0.1, 0.15) is 21.5 Å². The highest BCUT2D eigenvalue weighted by Crippen LogP contribution is 2.38. The fourth-order valence-corrected chi connectivity index (χ4v) is 4.73. The van der Waals surface area contributed by atoms with Gasteiger partial charge >= 0.3 is 6.18 Å². The van der Waals surface area contributed by atoms with Crippen LogP contribution in [0.3, 0.4) is 0 Å². The molecule has 0 unspecified atom stereocenters. The van der Waals surface area contributed by atoms with Crippen molar-refractivity contribution in [3.8, 4) is 5.75 Å². The van der Waals surface area contributed by atoms with Gasteiger partial charge in [-0.3, -0.25) is 14.4 Å². The summed E-state index contributed by atoms with van der Waals surface area (Å²) < 4.78 is 99.6. The number of hydrogen-bond donors (Lipinski definition) is 3. The predicted molar refractivity (Wildman–Crippen MR) is 161 cm³/mol. The number of halogens is 7. The first-order chi connectivity index (χ1) is 22.3. The summed E-state index contributed by atoms with van der Waals surface area (Å²) in [6.45, 7) is 0. The number of anilines is 2. The Kier molecular flexibility index (Phi) is 10.9. The zero-order valence-corrected chi connectivity index (χ0v) is 24.8. The summed E-state index contributed by atoms with van der Waals surface area (Å²) in [4.78, 5) is 38.7. The number of thioether (sulfide) groups is 1. The number of benzene rings is 4. The number of alkyl halides is 3. The van der Waals surface area contributed by atoms with Gasteiger partial charge in [0.05, 0.1) is 12.9 Å². The molecular weight excluding hydrogens is 655 g/mol. The topological polar surface area (TPSA) is 96.5 Å². The molecule has 4 aromatic carbocycles. The van der Waals surface area contributed by atoms with Gasteiger partial charge < -0.3 is 20.7 Å². The van der Waals surface area contributed by atoms with Crippen molar-refractivity contribution in [1.82, 2.24) is 5.32 Å². The van der Waals surface area contributed by atoms with E-state index in [-0.39, 0.29) is 11.4 Å². The van der Waals surface area contributed by atoms with Crippen molar-refractivity contribution < 1.29 is 49.9 Å². The highest BCUT2D eigenvalue weighted by atomic mass is 32.2. The number of ether oxygens (including phenoxy) is 1. The maximum Gasteiger partial charge on any atom is 0.422 e.